The summed E-state index contributed by atoms with van der Waals surface area (Å²) in [7, 11) is 3.30. The summed E-state index contributed by atoms with van der Waals surface area (Å²) in [6.07, 6.45) is 2.52. The fraction of sp³-hybridized carbons (Fsp3) is 0.389. The lowest BCUT2D eigenvalue weighted by atomic mass is 10.0. The Labute approximate surface area is 140 Å². The molecule has 3 rings (SSSR count). The molecule has 1 unspecified atom stereocenters. The Morgan fingerprint density at radius 3 is 2.78 bits per heavy atom. The maximum Gasteiger partial charge on any atom is 0.225 e. The van der Waals surface area contributed by atoms with Crippen LogP contribution in [0.1, 0.15) is 28.3 Å². The van der Waals surface area contributed by atoms with E-state index in [-0.39, 0.29) is 5.91 Å². The molecule has 1 aliphatic carbocycles. The molecule has 2 aromatic rings. The zero-order chi connectivity index (χ0) is 16.2. The van der Waals surface area contributed by atoms with Crippen molar-refractivity contribution in [2.45, 2.75) is 25.2 Å². The summed E-state index contributed by atoms with van der Waals surface area (Å²) in [6.45, 7) is 0.673. The number of nitrogens with one attached hydrogen (secondary N) is 1. The number of carbonyl (C=O) groups is 1. The van der Waals surface area contributed by atoms with Gasteiger partial charge in [0.1, 0.15) is 0 Å². The molecule has 5 heteroatoms. The van der Waals surface area contributed by atoms with Gasteiger partial charge >= 0.3 is 0 Å². The Balaban J connectivity index is 1.64. The number of ether oxygens (including phenoxy) is 2. The SMILES string of the molecule is COc1cc2c(cc1OC)C(CNC(=O)Cc1cccs1)CC2. The van der Waals surface area contributed by atoms with E-state index < -0.39 is 0 Å². The molecule has 0 spiro atoms. The summed E-state index contributed by atoms with van der Waals surface area (Å²) in [5, 5.41) is 5.06. The predicted octanol–water partition coefficient (Wildman–Crippen LogP) is 3.15. The number of benzene rings is 1. The lowest BCUT2D eigenvalue weighted by Gasteiger charge is -2.15. The topological polar surface area (TPSA) is 47.6 Å². The molecule has 23 heavy (non-hydrogen) atoms. The fourth-order valence-corrected chi connectivity index (χ4v) is 3.81. The molecule has 1 aromatic carbocycles. The van der Waals surface area contributed by atoms with Gasteiger partial charge in [0.2, 0.25) is 5.91 Å². The minimum atomic E-state index is 0.0846. The van der Waals surface area contributed by atoms with Crippen molar-refractivity contribution in [3.63, 3.8) is 0 Å². The van der Waals surface area contributed by atoms with Crippen molar-refractivity contribution in [2.24, 2.45) is 0 Å². The smallest absolute Gasteiger partial charge is 0.225 e. The van der Waals surface area contributed by atoms with E-state index in [1.807, 2.05) is 17.5 Å². The quantitative estimate of drug-likeness (QED) is 0.884. The molecule has 0 saturated carbocycles. The van der Waals surface area contributed by atoms with E-state index >= 15 is 0 Å². The van der Waals surface area contributed by atoms with Crippen LogP contribution in [0.25, 0.3) is 0 Å². The van der Waals surface area contributed by atoms with E-state index in [1.54, 1.807) is 25.6 Å². The number of amides is 1. The highest BCUT2D eigenvalue weighted by molar-refractivity contribution is 7.10. The zero-order valence-corrected chi connectivity index (χ0v) is 14.2. The summed E-state index contributed by atoms with van der Waals surface area (Å²) in [4.78, 5) is 13.2. The molecular weight excluding hydrogens is 310 g/mol. The first kappa shape index (κ1) is 15.9. The number of fused-ring (bicyclic) bond motifs is 1. The van der Waals surface area contributed by atoms with Gasteiger partial charge in [-0.25, -0.2) is 0 Å². The Hall–Kier alpha value is -2.01. The van der Waals surface area contributed by atoms with Gasteiger partial charge in [0.15, 0.2) is 11.5 Å². The maximum absolute atomic E-state index is 12.1. The summed E-state index contributed by atoms with van der Waals surface area (Å²) in [5.74, 6) is 1.95. The number of rotatable bonds is 6. The predicted molar refractivity (Wildman–Crippen MR) is 91.6 cm³/mol. The third-order valence-electron chi connectivity index (χ3n) is 4.31. The number of hydrogen-bond donors (Lipinski definition) is 1. The number of hydrogen-bond acceptors (Lipinski definition) is 4. The van der Waals surface area contributed by atoms with E-state index in [0.717, 1.165) is 29.2 Å². The van der Waals surface area contributed by atoms with Crippen LogP contribution in [0, 0.1) is 0 Å². The monoisotopic (exact) mass is 331 g/mol. The van der Waals surface area contributed by atoms with Gasteiger partial charge in [-0.1, -0.05) is 6.07 Å². The van der Waals surface area contributed by atoms with Crippen LogP contribution < -0.4 is 14.8 Å². The number of thiophene rings is 1. The first-order chi connectivity index (χ1) is 11.2. The Kier molecular flexibility index (Phi) is 4.86. The fourth-order valence-electron chi connectivity index (χ4n) is 3.10. The van der Waals surface area contributed by atoms with E-state index in [0.29, 0.717) is 18.9 Å². The van der Waals surface area contributed by atoms with Crippen molar-refractivity contribution in [3.05, 3.63) is 45.6 Å². The first-order valence-corrected chi connectivity index (χ1v) is 8.63. The van der Waals surface area contributed by atoms with Crippen LogP contribution in [0.2, 0.25) is 0 Å². The van der Waals surface area contributed by atoms with Gasteiger partial charge in [0.25, 0.3) is 0 Å². The van der Waals surface area contributed by atoms with Gasteiger partial charge < -0.3 is 14.8 Å². The van der Waals surface area contributed by atoms with Gasteiger partial charge in [-0.15, -0.1) is 11.3 Å². The minimum Gasteiger partial charge on any atom is -0.493 e. The van der Waals surface area contributed by atoms with Crippen molar-refractivity contribution >= 4 is 17.2 Å². The molecule has 0 bridgehead atoms. The maximum atomic E-state index is 12.1. The molecule has 1 N–H and O–H groups in total. The number of methoxy groups -OCH3 is 2. The van der Waals surface area contributed by atoms with Gasteiger partial charge in [-0.05, 0) is 47.5 Å². The Morgan fingerprint density at radius 1 is 1.30 bits per heavy atom. The second-order valence-corrected chi connectivity index (χ2v) is 6.73. The Morgan fingerprint density at radius 2 is 2.09 bits per heavy atom. The molecule has 0 fully saturated rings. The van der Waals surface area contributed by atoms with Crippen molar-refractivity contribution in [1.82, 2.24) is 5.32 Å². The third-order valence-corrected chi connectivity index (χ3v) is 5.18. The zero-order valence-electron chi connectivity index (χ0n) is 13.4. The largest absolute Gasteiger partial charge is 0.493 e. The van der Waals surface area contributed by atoms with Crippen molar-refractivity contribution in [3.8, 4) is 11.5 Å². The third kappa shape index (κ3) is 3.50. The average Bonchev–Trinajstić information content (AvgIpc) is 3.20. The number of carbonyl (C=O) groups excluding carboxylic acids is 1. The average molecular weight is 331 g/mol. The normalized spacial score (nSPS) is 16.0. The van der Waals surface area contributed by atoms with Gasteiger partial charge in [-0.3, -0.25) is 4.79 Å². The molecule has 1 aromatic heterocycles. The molecule has 0 radical (unpaired) electrons. The van der Waals surface area contributed by atoms with E-state index in [9.17, 15) is 4.79 Å². The Bertz CT molecular complexity index is 682. The molecule has 1 heterocycles. The second kappa shape index (κ2) is 7.04. The van der Waals surface area contributed by atoms with Gasteiger partial charge in [0, 0.05) is 17.3 Å². The highest BCUT2D eigenvalue weighted by Gasteiger charge is 2.25. The van der Waals surface area contributed by atoms with Crippen molar-refractivity contribution in [2.75, 3.05) is 20.8 Å². The van der Waals surface area contributed by atoms with E-state index in [4.69, 9.17) is 9.47 Å². The van der Waals surface area contributed by atoms with Gasteiger partial charge in [-0.2, -0.15) is 0 Å². The van der Waals surface area contributed by atoms with Crippen molar-refractivity contribution < 1.29 is 14.3 Å². The van der Waals surface area contributed by atoms with Crippen LogP contribution in [0.15, 0.2) is 29.6 Å². The number of aryl methyl sites for hydroxylation is 1. The molecule has 1 aliphatic rings. The first-order valence-electron chi connectivity index (χ1n) is 7.75. The van der Waals surface area contributed by atoms with Gasteiger partial charge in [0.05, 0.1) is 20.6 Å². The summed E-state index contributed by atoms with van der Waals surface area (Å²) in [6, 6.07) is 8.07. The van der Waals surface area contributed by atoms with Crippen molar-refractivity contribution in [1.29, 1.82) is 0 Å². The summed E-state index contributed by atoms with van der Waals surface area (Å²) in [5.41, 5.74) is 2.55. The molecule has 0 aliphatic heterocycles. The minimum absolute atomic E-state index is 0.0846. The van der Waals surface area contributed by atoms with Crippen LogP contribution >= 0.6 is 11.3 Å². The van der Waals surface area contributed by atoms with E-state index in [2.05, 4.69) is 17.4 Å². The second-order valence-electron chi connectivity index (χ2n) is 5.70. The highest BCUT2D eigenvalue weighted by atomic mass is 32.1. The van der Waals surface area contributed by atoms with Crippen LogP contribution in [0.3, 0.4) is 0 Å². The van der Waals surface area contributed by atoms with Crippen LogP contribution in [0.5, 0.6) is 11.5 Å². The molecule has 1 atom stereocenters. The highest BCUT2D eigenvalue weighted by Crippen LogP contribution is 2.40. The van der Waals surface area contributed by atoms with Crippen LogP contribution in [-0.2, 0) is 17.6 Å². The molecule has 122 valence electrons. The van der Waals surface area contributed by atoms with Crippen LogP contribution in [-0.4, -0.2) is 26.7 Å². The molecular formula is C18H21NO3S. The summed E-state index contributed by atoms with van der Waals surface area (Å²) >= 11 is 1.62. The lowest BCUT2D eigenvalue weighted by Crippen LogP contribution is -2.28. The standard InChI is InChI=1S/C18H21NO3S/c1-21-16-8-12-5-6-13(15(12)10-17(16)22-2)11-19-18(20)9-14-4-3-7-23-14/h3-4,7-8,10,13H,5-6,9,11H2,1-2H3,(H,19,20). The lowest BCUT2D eigenvalue weighted by molar-refractivity contribution is -0.120. The molecule has 1 amide bonds. The van der Waals surface area contributed by atoms with E-state index in [1.165, 1.54) is 11.1 Å². The molecule has 4 nitrogen and oxygen atoms in total. The summed E-state index contributed by atoms with van der Waals surface area (Å²) < 4.78 is 10.8. The van der Waals surface area contributed by atoms with Crippen LogP contribution in [0.4, 0.5) is 0 Å². The molecule has 0 saturated heterocycles.